The lowest BCUT2D eigenvalue weighted by Crippen LogP contribution is -2.46. The van der Waals surface area contributed by atoms with Crippen molar-refractivity contribution in [2.75, 3.05) is 39.9 Å². The highest BCUT2D eigenvalue weighted by atomic mass is 16.5. The third kappa shape index (κ3) is 4.98. The smallest absolute Gasteiger partial charge is 0.306 e. The van der Waals surface area contributed by atoms with E-state index in [0.717, 1.165) is 0 Å². The van der Waals surface area contributed by atoms with Gasteiger partial charge in [0.25, 0.3) is 0 Å². The quantitative estimate of drug-likeness (QED) is 0.725. The fourth-order valence-corrected chi connectivity index (χ4v) is 2.47. The van der Waals surface area contributed by atoms with Crippen molar-refractivity contribution in [1.29, 1.82) is 0 Å². The van der Waals surface area contributed by atoms with Crippen molar-refractivity contribution in [3.63, 3.8) is 0 Å². The number of piperidine rings is 1. The second kappa shape index (κ2) is 7.58. The summed E-state index contributed by atoms with van der Waals surface area (Å²) in [5, 5.41) is 8.94. The predicted octanol–water partition coefficient (Wildman–Crippen LogP) is 0.195. The largest absolute Gasteiger partial charge is 0.481 e. The molecule has 22 heavy (non-hydrogen) atoms. The zero-order valence-corrected chi connectivity index (χ0v) is 13.0. The summed E-state index contributed by atoms with van der Waals surface area (Å²) < 4.78 is 5.33. The van der Waals surface area contributed by atoms with E-state index in [0.29, 0.717) is 38.5 Å². The van der Waals surface area contributed by atoms with Gasteiger partial charge in [0.05, 0.1) is 19.1 Å². The molecule has 0 spiro atoms. The Bertz CT molecular complexity index is 428. The molecule has 7 nitrogen and oxygen atoms in total. The van der Waals surface area contributed by atoms with Gasteiger partial charge >= 0.3 is 5.97 Å². The molecule has 1 N–H and O–H groups in total. The van der Waals surface area contributed by atoms with Crippen molar-refractivity contribution in [3.8, 4) is 0 Å². The van der Waals surface area contributed by atoms with E-state index in [4.69, 9.17) is 9.84 Å². The maximum atomic E-state index is 12.1. The number of likely N-dealkylation sites (tertiary alicyclic amines) is 1. The van der Waals surface area contributed by atoms with Crippen LogP contribution in [0.15, 0.2) is 0 Å². The van der Waals surface area contributed by atoms with Crippen molar-refractivity contribution in [3.05, 3.63) is 0 Å². The summed E-state index contributed by atoms with van der Waals surface area (Å²) in [5.41, 5.74) is 0. The highest BCUT2D eigenvalue weighted by molar-refractivity contribution is 5.85. The number of ether oxygens (including phenoxy) is 1. The number of carboxylic acids is 1. The maximum absolute atomic E-state index is 12.1. The molecule has 124 valence electrons. The molecule has 2 amide bonds. The monoisotopic (exact) mass is 312 g/mol. The standard InChI is InChI=1S/C15H24N2O5/c1-16(14(19)10-22-9-11-2-3-11)8-13(18)17-6-4-12(5-7-17)15(20)21/h11-12H,2-10H2,1H3,(H,20,21). The molecule has 1 aliphatic carbocycles. The second-order valence-electron chi connectivity index (χ2n) is 6.20. The van der Waals surface area contributed by atoms with Crippen molar-refractivity contribution < 1.29 is 24.2 Å². The summed E-state index contributed by atoms with van der Waals surface area (Å²) in [4.78, 5) is 37.9. The molecule has 7 heteroatoms. The number of carbonyl (C=O) groups excluding carboxylic acids is 2. The van der Waals surface area contributed by atoms with E-state index in [1.165, 1.54) is 17.7 Å². The van der Waals surface area contributed by atoms with Gasteiger partial charge in [-0.15, -0.1) is 0 Å². The normalized spacial score (nSPS) is 19.0. The van der Waals surface area contributed by atoms with Crippen LogP contribution in [0.2, 0.25) is 0 Å². The van der Waals surface area contributed by atoms with Gasteiger partial charge in [0.2, 0.25) is 11.8 Å². The summed E-state index contributed by atoms with van der Waals surface area (Å²) in [6, 6.07) is 0. The Balaban J connectivity index is 1.66. The highest BCUT2D eigenvalue weighted by Crippen LogP contribution is 2.28. The first kappa shape index (κ1) is 16.7. The van der Waals surface area contributed by atoms with E-state index in [1.807, 2.05) is 0 Å². The Hall–Kier alpha value is -1.63. The van der Waals surface area contributed by atoms with Gasteiger partial charge in [0.1, 0.15) is 6.61 Å². The first-order valence-electron chi connectivity index (χ1n) is 7.79. The minimum Gasteiger partial charge on any atom is -0.481 e. The summed E-state index contributed by atoms with van der Waals surface area (Å²) in [7, 11) is 1.59. The Labute approximate surface area is 130 Å². The number of nitrogens with zero attached hydrogens (tertiary/aromatic N) is 2. The highest BCUT2D eigenvalue weighted by Gasteiger charge is 2.28. The molecule has 0 unspecified atom stereocenters. The van der Waals surface area contributed by atoms with Crippen molar-refractivity contribution in [2.24, 2.45) is 11.8 Å². The molecule has 0 bridgehead atoms. The van der Waals surface area contributed by atoms with Gasteiger partial charge in [-0.1, -0.05) is 0 Å². The summed E-state index contributed by atoms with van der Waals surface area (Å²) >= 11 is 0. The number of rotatable bonds is 7. The molecule has 0 aromatic heterocycles. The molecular formula is C15H24N2O5. The van der Waals surface area contributed by atoms with Crippen LogP contribution < -0.4 is 0 Å². The van der Waals surface area contributed by atoms with Crippen LogP contribution in [0, 0.1) is 11.8 Å². The van der Waals surface area contributed by atoms with Crippen LogP contribution in [0.3, 0.4) is 0 Å². The molecule has 2 aliphatic rings. The molecule has 2 rings (SSSR count). The molecule has 0 radical (unpaired) electrons. The second-order valence-corrected chi connectivity index (χ2v) is 6.20. The number of likely N-dealkylation sites (N-methyl/N-ethyl adjacent to an activating group) is 1. The molecule has 0 atom stereocenters. The number of hydrogen-bond acceptors (Lipinski definition) is 4. The fourth-order valence-electron chi connectivity index (χ4n) is 2.47. The molecule has 2 fully saturated rings. The van der Waals surface area contributed by atoms with E-state index in [1.54, 1.807) is 11.9 Å². The van der Waals surface area contributed by atoms with Crippen LogP contribution in [-0.4, -0.2) is 72.6 Å². The SMILES string of the molecule is CN(CC(=O)N1CCC(C(=O)O)CC1)C(=O)COCC1CC1. The van der Waals surface area contributed by atoms with Crippen LogP contribution >= 0.6 is 0 Å². The van der Waals surface area contributed by atoms with Gasteiger partial charge in [-0.3, -0.25) is 14.4 Å². The predicted molar refractivity (Wildman–Crippen MR) is 78.1 cm³/mol. The first-order chi connectivity index (χ1) is 10.5. The van der Waals surface area contributed by atoms with Gasteiger partial charge < -0.3 is 19.6 Å². The van der Waals surface area contributed by atoms with Crippen LogP contribution in [0.25, 0.3) is 0 Å². The summed E-state index contributed by atoms with van der Waals surface area (Å²) in [5.74, 6) is -0.891. The summed E-state index contributed by atoms with van der Waals surface area (Å²) in [6.45, 7) is 1.53. The molecular weight excluding hydrogens is 288 g/mol. The van der Waals surface area contributed by atoms with Gasteiger partial charge in [-0.25, -0.2) is 0 Å². The van der Waals surface area contributed by atoms with Crippen LogP contribution in [0.1, 0.15) is 25.7 Å². The zero-order valence-electron chi connectivity index (χ0n) is 13.0. The van der Waals surface area contributed by atoms with Crippen LogP contribution in [-0.2, 0) is 19.1 Å². The third-order valence-corrected chi connectivity index (χ3v) is 4.27. The lowest BCUT2D eigenvalue weighted by atomic mass is 9.97. The maximum Gasteiger partial charge on any atom is 0.306 e. The molecule has 1 aliphatic heterocycles. The number of aliphatic carboxylic acids is 1. The number of hydrogen-bond donors (Lipinski definition) is 1. The van der Waals surface area contributed by atoms with Gasteiger partial charge in [-0.05, 0) is 31.6 Å². The molecule has 1 saturated carbocycles. The van der Waals surface area contributed by atoms with Gasteiger partial charge in [0, 0.05) is 20.1 Å². The lowest BCUT2D eigenvalue weighted by Gasteiger charge is -2.31. The lowest BCUT2D eigenvalue weighted by molar-refractivity contribution is -0.147. The topological polar surface area (TPSA) is 87.2 Å². The Morgan fingerprint density at radius 2 is 1.82 bits per heavy atom. The van der Waals surface area contributed by atoms with Crippen molar-refractivity contribution >= 4 is 17.8 Å². The van der Waals surface area contributed by atoms with Gasteiger partial charge in [-0.2, -0.15) is 0 Å². The fraction of sp³-hybridized carbons (Fsp3) is 0.800. The average molecular weight is 312 g/mol. The van der Waals surface area contributed by atoms with Gasteiger partial charge in [0.15, 0.2) is 0 Å². The van der Waals surface area contributed by atoms with Crippen LogP contribution in [0.5, 0.6) is 0 Å². The number of carboxylic acid groups (broad SMARTS) is 1. The van der Waals surface area contributed by atoms with Crippen molar-refractivity contribution in [2.45, 2.75) is 25.7 Å². The van der Waals surface area contributed by atoms with E-state index in [9.17, 15) is 14.4 Å². The minimum absolute atomic E-state index is 0.0152. The zero-order chi connectivity index (χ0) is 16.1. The number of carbonyl (C=O) groups is 3. The third-order valence-electron chi connectivity index (χ3n) is 4.27. The molecule has 0 aromatic rings. The Kier molecular flexibility index (Phi) is 5.76. The molecule has 1 saturated heterocycles. The van der Waals surface area contributed by atoms with E-state index < -0.39 is 5.97 Å². The van der Waals surface area contributed by atoms with E-state index in [2.05, 4.69) is 0 Å². The molecule has 0 aromatic carbocycles. The minimum atomic E-state index is -0.799. The van der Waals surface area contributed by atoms with E-state index >= 15 is 0 Å². The first-order valence-corrected chi connectivity index (χ1v) is 7.79. The Morgan fingerprint density at radius 1 is 1.18 bits per heavy atom. The van der Waals surface area contributed by atoms with Crippen molar-refractivity contribution in [1.82, 2.24) is 9.80 Å². The number of amides is 2. The Morgan fingerprint density at radius 3 is 2.36 bits per heavy atom. The summed E-state index contributed by atoms with van der Waals surface area (Å²) in [6.07, 6.45) is 3.30. The van der Waals surface area contributed by atoms with Crippen LogP contribution in [0.4, 0.5) is 0 Å². The van der Waals surface area contributed by atoms with E-state index in [-0.39, 0.29) is 30.9 Å². The molecule has 1 heterocycles. The average Bonchev–Trinajstić information content (AvgIpc) is 3.31.